The lowest BCUT2D eigenvalue weighted by Gasteiger charge is -2.14. The van der Waals surface area contributed by atoms with Gasteiger partial charge in [0.25, 0.3) is 0 Å². The average molecular weight is 250 g/mol. The van der Waals surface area contributed by atoms with Crippen LogP contribution in [0.4, 0.5) is 0 Å². The molecule has 0 radical (unpaired) electrons. The molecule has 0 aliphatic rings. The van der Waals surface area contributed by atoms with E-state index in [4.69, 9.17) is 0 Å². The Labute approximate surface area is 118 Å². The molecule has 2 rings (SSSR count). The number of unbranched alkanes of at least 4 members (excludes halogenated alkanes) is 3. The Bertz CT molecular complexity index is 410. The van der Waals surface area contributed by atoms with E-state index in [1.165, 1.54) is 42.9 Å². The van der Waals surface area contributed by atoms with E-state index >= 15 is 0 Å². The molecule has 0 aliphatic heterocycles. The summed E-state index contributed by atoms with van der Waals surface area (Å²) < 4.78 is 0. The van der Waals surface area contributed by atoms with Crippen molar-refractivity contribution in [2.45, 2.75) is 38.9 Å². The summed E-state index contributed by atoms with van der Waals surface area (Å²) in [5.74, 6) is 0. The first kappa shape index (κ1) is 13.9. The number of benzene rings is 2. The van der Waals surface area contributed by atoms with Gasteiger partial charge in [0, 0.05) is 0 Å². The first-order valence-electron chi connectivity index (χ1n) is 7.51. The van der Waals surface area contributed by atoms with Gasteiger partial charge in [0.1, 0.15) is 0 Å². The second-order valence-electron chi connectivity index (χ2n) is 5.22. The highest BCUT2D eigenvalue weighted by Crippen LogP contribution is 2.07. The minimum Gasteiger partial charge on any atom is -0.0742 e. The maximum atomic E-state index is 2.27. The van der Waals surface area contributed by atoms with Crippen molar-refractivity contribution in [2.24, 2.45) is 0 Å². The van der Waals surface area contributed by atoms with Gasteiger partial charge in [-0.15, -0.1) is 0 Å². The van der Waals surface area contributed by atoms with Gasteiger partial charge < -0.3 is 0 Å². The van der Waals surface area contributed by atoms with E-state index in [9.17, 15) is 0 Å². The molecule has 1 heteroatoms. The highest BCUT2D eigenvalue weighted by molar-refractivity contribution is 6.85. The van der Waals surface area contributed by atoms with Crippen LogP contribution in [0, 0.1) is 0 Å². The number of rotatable bonds is 7. The monoisotopic (exact) mass is 250 g/mol. The van der Waals surface area contributed by atoms with Crippen molar-refractivity contribution in [2.75, 3.05) is 0 Å². The van der Waals surface area contributed by atoms with Crippen LogP contribution in [0.15, 0.2) is 60.7 Å². The molecule has 0 N–H and O–H groups in total. The van der Waals surface area contributed by atoms with Crippen LogP contribution >= 0.6 is 0 Å². The van der Waals surface area contributed by atoms with E-state index in [1.807, 2.05) is 0 Å². The summed E-state index contributed by atoms with van der Waals surface area (Å²) in [5.41, 5.74) is 2.90. The molecule has 2 aromatic rings. The van der Waals surface area contributed by atoms with Gasteiger partial charge in [0.15, 0.2) is 0 Å². The molecular formula is C18H23B. The predicted molar refractivity (Wildman–Crippen MR) is 86.9 cm³/mol. The third-order valence-electron chi connectivity index (χ3n) is 3.75. The fourth-order valence-corrected chi connectivity index (χ4v) is 2.67. The molecule has 0 saturated carbocycles. The molecule has 19 heavy (non-hydrogen) atoms. The van der Waals surface area contributed by atoms with Crippen LogP contribution in [0.1, 0.15) is 32.6 Å². The third-order valence-corrected chi connectivity index (χ3v) is 3.75. The van der Waals surface area contributed by atoms with Gasteiger partial charge >= 0.3 is 0 Å². The zero-order valence-electron chi connectivity index (χ0n) is 11.9. The van der Waals surface area contributed by atoms with Crippen LogP contribution in [0.25, 0.3) is 0 Å². The van der Waals surface area contributed by atoms with E-state index in [2.05, 4.69) is 67.6 Å². The Morgan fingerprint density at radius 3 is 1.68 bits per heavy atom. The summed E-state index contributed by atoms with van der Waals surface area (Å²) in [4.78, 5) is 0. The molecule has 0 bridgehead atoms. The van der Waals surface area contributed by atoms with Gasteiger partial charge in [-0.1, -0.05) is 111 Å². The summed E-state index contributed by atoms with van der Waals surface area (Å²) in [5, 5.41) is 0. The summed E-state index contributed by atoms with van der Waals surface area (Å²) in [6, 6.07) is 21.8. The van der Waals surface area contributed by atoms with Gasteiger partial charge in [-0.3, -0.25) is 0 Å². The first-order valence-corrected chi connectivity index (χ1v) is 7.51. The molecule has 2 aromatic carbocycles. The molecule has 0 heterocycles. The molecule has 0 saturated heterocycles. The quantitative estimate of drug-likeness (QED) is 0.516. The zero-order chi connectivity index (χ0) is 13.3. The lowest BCUT2D eigenvalue weighted by atomic mass is 9.38. The molecule has 0 atom stereocenters. The standard InChI is InChI=1S/C18H23B/c1-2-3-4-11-16-19(17-12-7-5-8-13-17)18-14-9-6-10-15-18/h5-10,12-15H,2-4,11,16H2,1H3. The second kappa shape index (κ2) is 7.83. The van der Waals surface area contributed by atoms with E-state index in [0.29, 0.717) is 6.71 Å². The van der Waals surface area contributed by atoms with Gasteiger partial charge in [-0.2, -0.15) is 0 Å². The Kier molecular flexibility index (Phi) is 5.74. The zero-order valence-corrected chi connectivity index (χ0v) is 11.9. The SMILES string of the molecule is CCCCCCB(c1ccccc1)c1ccccc1. The fourth-order valence-electron chi connectivity index (χ4n) is 2.67. The van der Waals surface area contributed by atoms with Crippen LogP contribution in [0.2, 0.25) is 6.32 Å². The maximum absolute atomic E-state index is 2.27. The van der Waals surface area contributed by atoms with Crippen molar-refractivity contribution in [3.8, 4) is 0 Å². The number of hydrogen-bond acceptors (Lipinski definition) is 0. The molecule has 0 nitrogen and oxygen atoms in total. The summed E-state index contributed by atoms with van der Waals surface area (Å²) in [6.45, 7) is 2.82. The van der Waals surface area contributed by atoms with Crippen LogP contribution in [0.3, 0.4) is 0 Å². The first-order chi connectivity index (χ1) is 9.42. The van der Waals surface area contributed by atoms with Crippen LogP contribution in [0.5, 0.6) is 0 Å². The molecule has 0 amide bonds. The summed E-state index contributed by atoms with van der Waals surface area (Å²) in [7, 11) is 0. The minimum absolute atomic E-state index is 0.555. The molecule has 0 spiro atoms. The van der Waals surface area contributed by atoms with E-state index < -0.39 is 0 Å². The Morgan fingerprint density at radius 1 is 0.684 bits per heavy atom. The smallest absolute Gasteiger partial charge is 0.0742 e. The average Bonchev–Trinajstić information content (AvgIpc) is 2.49. The maximum Gasteiger partial charge on any atom is 0.209 e. The number of hydrogen-bond donors (Lipinski definition) is 0. The molecule has 0 unspecified atom stereocenters. The topological polar surface area (TPSA) is 0 Å². The van der Waals surface area contributed by atoms with Gasteiger partial charge in [-0.05, 0) is 0 Å². The Balaban J connectivity index is 2.10. The summed E-state index contributed by atoms with van der Waals surface area (Å²) >= 11 is 0. The molecule has 0 aromatic heterocycles. The fraction of sp³-hybridized carbons (Fsp3) is 0.333. The Hall–Kier alpha value is -1.50. The molecule has 0 fully saturated rings. The highest BCUT2D eigenvalue weighted by Gasteiger charge is 2.17. The second-order valence-corrected chi connectivity index (χ2v) is 5.22. The lowest BCUT2D eigenvalue weighted by Crippen LogP contribution is -2.41. The van der Waals surface area contributed by atoms with Gasteiger partial charge in [-0.25, -0.2) is 0 Å². The van der Waals surface area contributed by atoms with Crippen molar-refractivity contribution in [1.29, 1.82) is 0 Å². The van der Waals surface area contributed by atoms with Crippen LogP contribution < -0.4 is 10.9 Å². The van der Waals surface area contributed by atoms with Gasteiger partial charge in [0.05, 0.1) is 0 Å². The third kappa shape index (κ3) is 4.27. The van der Waals surface area contributed by atoms with Crippen molar-refractivity contribution in [3.63, 3.8) is 0 Å². The van der Waals surface area contributed by atoms with E-state index in [-0.39, 0.29) is 0 Å². The predicted octanol–water partition coefficient (Wildman–Crippen LogP) is 3.88. The van der Waals surface area contributed by atoms with Crippen LogP contribution in [-0.4, -0.2) is 6.71 Å². The highest BCUT2D eigenvalue weighted by atomic mass is 14.0. The van der Waals surface area contributed by atoms with Crippen molar-refractivity contribution >= 4 is 17.6 Å². The normalized spacial score (nSPS) is 10.4. The lowest BCUT2D eigenvalue weighted by molar-refractivity contribution is 0.700. The Morgan fingerprint density at radius 2 is 1.21 bits per heavy atom. The van der Waals surface area contributed by atoms with Gasteiger partial charge in [0.2, 0.25) is 6.71 Å². The molecule has 98 valence electrons. The van der Waals surface area contributed by atoms with Crippen LogP contribution in [-0.2, 0) is 0 Å². The van der Waals surface area contributed by atoms with Crippen molar-refractivity contribution in [3.05, 3.63) is 60.7 Å². The van der Waals surface area contributed by atoms with Crippen molar-refractivity contribution in [1.82, 2.24) is 0 Å². The van der Waals surface area contributed by atoms with E-state index in [1.54, 1.807) is 0 Å². The van der Waals surface area contributed by atoms with Crippen molar-refractivity contribution < 1.29 is 0 Å². The van der Waals surface area contributed by atoms with E-state index in [0.717, 1.165) is 0 Å². The summed E-state index contributed by atoms with van der Waals surface area (Å²) in [6.07, 6.45) is 6.60. The minimum atomic E-state index is 0.555. The largest absolute Gasteiger partial charge is 0.209 e. The molecular weight excluding hydrogens is 227 g/mol. The molecule has 0 aliphatic carbocycles.